The standard InChI is InChI=1S/C13H23BrN4S2/c1-4-9-12(14)11(18(3)17-9)7-10(16-15)13-8(2)19-5-6-20-13/h8,10,13,16H,4-7,15H2,1-3H3. The molecule has 20 heavy (non-hydrogen) atoms. The first-order chi connectivity index (χ1) is 9.58. The maximum Gasteiger partial charge on any atom is 0.0766 e. The monoisotopic (exact) mass is 378 g/mol. The Morgan fingerprint density at radius 3 is 2.75 bits per heavy atom. The summed E-state index contributed by atoms with van der Waals surface area (Å²) in [4.78, 5) is 0. The van der Waals surface area contributed by atoms with Crippen LogP contribution in [0.15, 0.2) is 4.47 Å². The maximum atomic E-state index is 5.84. The Kier molecular flexibility index (Phi) is 6.28. The van der Waals surface area contributed by atoms with Gasteiger partial charge in [0.25, 0.3) is 0 Å². The zero-order valence-electron chi connectivity index (χ0n) is 12.2. The van der Waals surface area contributed by atoms with Crippen LogP contribution < -0.4 is 11.3 Å². The Balaban J connectivity index is 2.15. The molecule has 114 valence electrons. The molecule has 0 saturated carbocycles. The molecule has 3 unspecified atom stereocenters. The molecule has 0 aliphatic carbocycles. The minimum Gasteiger partial charge on any atom is -0.271 e. The zero-order chi connectivity index (χ0) is 14.7. The van der Waals surface area contributed by atoms with Crippen molar-refractivity contribution in [3.8, 4) is 0 Å². The molecular weight excluding hydrogens is 356 g/mol. The van der Waals surface area contributed by atoms with Crippen molar-refractivity contribution in [2.24, 2.45) is 12.9 Å². The van der Waals surface area contributed by atoms with Crippen molar-refractivity contribution in [3.05, 3.63) is 15.9 Å². The average molecular weight is 379 g/mol. The van der Waals surface area contributed by atoms with Crippen LogP contribution >= 0.6 is 39.5 Å². The molecule has 1 aliphatic heterocycles. The van der Waals surface area contributed by atoms with Crippen LogP contribution in [-0.2, 0) is 19.9 Å². The third kappa shape index (κ3) is 3.55. The summed E-state index contributed by atoms with van der Waals surface area (Å²) >= 11 is 7.78. The van der Waals surface area contributed by atoms with Crippen molar-refractivity contribution in [2.75, 3.05) is 11.5 Å². The molecular formula is C13H23BrN4S2. The van der Waals surface area contributed by atoms with Gasteiger partial charge in [0, 0.05) is 41.5 Å². The molecule has 0 amide bonds. The van der Waals surface area contributed by atoms with E-state index in [0.717, 1.165) is 23.0 Å². The van der Waals surface area contributed by atoms with Gasteiger partial charge in [-0.1, -0.05) is 13.8 Å². The summed E-state index contributed by atoms with van der Waals surface area (Å²) in [6, 6.07) is 0.277. The van der Waals surface area contributed by atoms with E-state index in [2.05, 4.69) is 40.3 Å². The molecule has 1 fully saturated rings. The van der Waals surface area contributed by atoms with Gasteiger partial charge in [0.2, 0.25) is 0 Å². The van der Waals surface area contributed by atoms with Crippen LogP contribution in [0.5, 0.6) is 0 Å². The molecule has 0 radical (unpaired) electrons. The molecule has 2 rings (SSSR count). The van der Waals surface area contributed by atoms with Crippen molar-refractivity contribution < 1.29 is 0 Å². The van der Waals surface area contributed by atoms with Crippen LogP contribution in [0.1, 0.15) is 25.2 Å². The lowest BCUT2D eigenvalue weighted by molar-refractivity contribution is 0.486. The Labute approximate surface area is 138 Å². The van der Waals surface area contributed by atoms with Gasteiger partial charge in [-0.2, -0.15) is 28.6 Å². The van der Waals surface area contributed by atoms with Crippen LogP contribution in [0.3, 0.4) is 0 Å². The first kappa shape index (κ1) is 16.7. The van der Waals surface area contributed by atoms with Gasteiger partial charge >= 0.3 is 0 Å². The summed E-state index contributed by atoms with van der Waals surface area (Å²) in [5.74, 6) is 8.29. The SMILES string of the molecule is CCc1nn(C)c(CC(NN)C2SCCSC2C)c1Br. The van der Waals surface area contributed by atoms with Crippen molar-refractivity contribution in [3.63, 3.8) is 0 Å². The predicted molar refractivity (Wildman–Crippen MR) is 93.3 cm³/mol. The fraction of sp³-hybridized carbons (Fsp3) is 0.769. The van der Waals surface area contributed by atoms with Crippen LogP contribution in [0, 0.1) is 0 Å². The second-order valence-corrected chi connectivity index (χ2v) is 8.64. The van der Waals surface area contributed by atoms with E-state index in [1.807, 2.05) is 35.3 Å². The fourth-order valence-corrected chi connectivity index (χ4v) is 6.33. The minimum atomic E-state index is 0.277. The number of nitrogens with two attached hydrogens (primary N) is 1. The van der Waals surface area contributed by atoms with Crippen molar-refractivity contribution in [1.82, 2.24) is 15.2 Å². The lowest BCUT2D eigenvalue weighted by Crippen LogP contribution is -2.49. The van der Waals surface area contributed by atoms with Gasteiger partial charge in [-0.05, 0) is 22.4 Å². The Morgan fingerprint density at radius 2 is 2.20 bits per heavy atom. The second-order valence-electron chi connectivity index (χ2n) is 5.07. The number of hydrazine groups is 1. The molecule has 1 aromatic heterocycles. The highest BCUT2D eigenvalue weighted by molar-refractivity contribution is 9.10. The number of hydrogen-bond acceptors (Lipinski definition) is 5. The van der Waals surface area contributed by atoms with Gasteiger partial charge in [-0.3, -0.25) is 16.0 Å². The Morgan fingerprint density at radius 1 is 1.50 bits per heavy atom. The fourth-order valence-electron chi connectivity index (χ4n) is 2.61. The highest BCUT2D eigenvalue weighted by Gasteiger charge is 2.31. The van der Waals surface area contributed by atoms with Gasteiger partial charge in [0.05, 0.1) is 15.9 Å². The van der Waals surface area contributed by atoms with Crippen molar-refractivity contribution in [1.29, 1.82) is 0 Å². The molecule has 0 spiro atoms. The van der Waals surface area contributed by atoms with Crippen LogP contribution in [-0.4, -0.2) is 37.8 Å². The summed E-state index contributed by atoms with van der Waals surface area (Å²) in [7, 11) is 2.01. The smallest absolute Gasteiger partial charge is 0.0766 e. The number of nitrogens with one attached hydrogen (secondary N) is 1. The second kappa shape index (κ2) is 7.54. The Hall–Kier alpha value is 0.310. The van der Waals surface area contributed by atoms with Crippen LogP contribution in [0.25, 0.3) is 0 Å². The number of nitrogens with zero attached hydrogens (tertiary/aromatic N) is 2. The largest absolute Gasteiger partial charge is 0.271 e. The molecule has 0 bridgehead atoms. The summed E-state index contributed by atoms with van der Waals surface area (Å²) in [5.41, 5.74) is 5.39. The molecule has 3 atom stereocenters. The van der Waals surface area contributed by atoms with E-state index >= 15 is 0 Å². The summed E-state index contributed by atoms with van der Waals surface area (Å²) in [6.45, 7) is 4.44. The van der Waals surface area contributed by atoms with E-state index in [-0.39, 0.29) is 6.04 Å². The van der Waals surface area contributed by atoms with Crippen molar-refractivity contribution in [2.45, 2.75) is 43.2 Å². The highest BCUT2D eigenvalue weighted by atomic mass is 79.9. The number of rotatable bonds is 5. The third-order valence-corrected chi connectivity index (χ3v) is 7.93. The van der Waals surface area contributed by atoms with Crippen molar-refractivity contribution >= 4 is 39.5 Å². The van der Waals surface area contributed by atoms with Crippen LogP contribution in [0.4, 0.5) is 0 Å². The van der Waals surface area contributed by atoms with Gasteiger partial charge in [-0.25, -0.2) is 0 Å². The molecule has 1 saturated heterocycles. The lowest BCUT2D eigenvalue weighted by Gasteiger charge is -2.34. The molecule has 3 N–H and O–H groups in total. The summed E-state index contributed by atoms with van der Waals surface area (Å²) in [5, 5.41) is 5.75. The molecule has 1 aliphatic rings. The molecule has 1 aromatic rings. The summed E-state index contributed by atoms with van der Waals surface area (Å²) < 4.78 is 3.13. The van der Waals surface area contributed by atoms with Gasteiger partial charge in [0.1, 0.15) is 0 Å². The quantitative estimate of drug-likeness (QED) is 0.608. The Bertz CT molecular complexity index is 452. The first-order valence-corrected chi connectivity index (χ1v) is 9.87. The molecule has 0 aromatic carbocycles. The molecule has 7 heteroatoms. The van der Waals surface area contributed by atoms with E-state index in [9.17, 15) is 0 Å². The summed E-state index contributed by atoms with van der Waals surface area (Å²) in [6.07, 6.45) is 1.85. The first-order valence-electron chi connectivity index (χ1n) is 6.98. The normalized spacial score (nSPS) is 24.9. The average Bonchev–Trinajstić information content (AvgIpc) is 2.72. The van der Waals surface area contributed by atoms with Crippen LogP contribution in [0.2, 0.25) is 0 Å². The maximum absolute atomic E-state index is 5.84. The number of aryl methyl sites for hydroxylation is 2. The van der Waals surface area contributed by atoms with E-state index in [0.29, 0.717) is 10.5 Å². The van der Waals surface area contributed by atoms with Gasteiger partial charge in [0.15, 0.2) is 0 Å². The zero-order valence-corrected chi connectivity index (χ0v) is 15.4. The molecule has 4 nitrogen and oxygen atoms in total. The number of hydrogen-bond donors (Lipinski definition) is 2. The van der Waals surface area contributed by atoms with Gasteiger partial charge < -0.3 is 0 Å². The van der Waals surface area contributed by atoms with E-state index in [4.69, 9.17) is 5.84 Å². The lowest BCUT2D eigenvalue weighted by atomic mass is 10.1. The van der Waals surface area contributed by atoms with Gasteiger partial charge in [-0.15, -0.1) is 0 Å². The predicted octanol–water partition coefficient (Wildman–Crippen LogP) is 2.36. The number of halogens is 1. The van der Waals surface area contributed by atoms with E-state index in [1.54, 1.807) is 0 Å². The highest BCUT2D eigenvalue weighted by Crippen LogP contribution is 2.34. The molecule has 2 heterocycles. The topological polar surface area (TPSA) is 55.9 Å². The number of thioether (sulfide) groups is 2. The minimum absolute atomic E-state index is 0.277. The number of aromatic nitrogens is 2. The third-order valence-electron chi connectivity index (χ3n) is 3.76. The van der Waals surface area contributed by atoms with E-state index in [1.165, 1.54) is 17.2 Å². The van der Waals surface area contributed by atoms with E-state index < -0.39 is 0 Å².